The summed E-state index contributed by atoms with van der Waals surface area (Å²) in [6.45, 7) is 4.57. The topological polar surface area (TPSA) is 75.6 Å². The lowest BCUT2D eigenvalue weighted by Gasteiger charge is -2.12. The Labute approximate surface area is 127 Å². The minimum absolute atomic E-state index is 0.161. The highest BCUT2D eigenvalue weighted by molar-refractivity contribution is 7.89. The van der Waals surface area contributed by atoms with Gasteiger partial charge >= 0.3 is 0 Å². The molecule has 6 heteroatoms. The second kappa shape index (κ2) is 8.48. The molecule has 21 heavy (non-hydrogen) atoms. The third kappa shape index (κ3) is 5.39. The van der Waals surface area contributed by atoms with Crippen LogP contribution in [0.5, 0.6) is 0 Å². The zero-order valence-electron chi connectivity index (χ0n) is 13.0. The Morgan fingerprint density at radius 1 is 1.14 bits per heavy atom. The number of hydrogen-bond acceptors (Lipinski definition) is 4. The van der Waals surface area contributed by atoms with Crippen molar-refractivity contribution >= 4 is 10.0 Å². The second-order valence-corrected chi connectivity index (χ2v) is 6.89. The Morgan fingerprint density at radius 3 is 2.48 bits per heavy atom. The molecule has 0 aliphatic heterocycles. The molecule has 0 aromatic heterocycles. The summed E-state index contributed by atoms with van der Waals surface area (Å²) in [5, 5.41) is 9.27. The van der Waals surface area contributed by atoms with Gasteiger partial charge in [-0.05, 0) is 55.9 Å². The number of benzene rings is 1. The lowest BCUT2D eigenvalue weighted by atomic mass is 10.1. The summed E-state index contributed by atoms with van der Waals surface area (Å²) < 4.78 is 32.2. The number of methoxy groups -OCH3 is 1. The Kier molecular flexibility index (Phi) is 7.31. The first-order valence-electron chi connectivity index (χ1n) is 7.12. The second-order valence-electron chi connectivity index (χ2n) is 5.15. The Balaban J connectivity index is 2.70. The van der Waals surface area contributed by atoms with Crippen LogP contribution in [0.4, 0.5) is 0 Å². The molecule has 0 bridgehead atoms. The largest absolute Gasteiger partial charge is 0.392 e. The van der Waals surface area contributed by atoms with Crippen molar-refractivity contribution in [3.8, 4) is 0 Å². The molecule has 0 aliphatic rings. The van der Waals surface area contributed by atoms with Crippen molar-refractivity contribution < 1.29 is 18.3 Å². The van der Waals surface area contributed by atoms with Crippen molar-refractivity contribution in [1.29, 1.82) is 0 Å². The van der Waals surface area contributed by atoms with Gasteiger partial charge in [0.05, 0.1) is 11.5 Å². The number of hydrogen-bond donors (Lipinski definition) is 2. The maximum Gasteiger partial charge on any atom is 0.240 e. The van der Waals surface area contributed by atoms with E-state index < -0.39 is 10.0 Å². The van der Waals surface area contributed by atoms with Gasteiger partial charge in [-0.25, -0.2) is 13.1 Å². The van der Waals surface area contributed by atoms with Crippen molar-refractivity contribution in [3.05, 3.63) is 28.8 Å². The van der Waals surface area contributed by atoms with Gasteiger partial charge in [0.2, 0.25) is 10.0 Å². The maximum atomic E-state index is 12.3. The number of aryl methyl sites for hydroxylation is 2. The summed E-state index contributed by atoms with van der Waals surface area (Å²) >= 11 is 0. The zero-order valence-corrected chi connectivity index (χ0v) is 13.8. The third-order valence-electron chi connectivity index (χ3n) is 3.41. The number of unbranched alkanes of at least 4 members (excludes halogenated alkanes) is 2. The van der Waals surface area contributed by atoms with Gasteiger partial charge in [-0.15, -0.1) is 0 Å². The van der Waals surface area contributed by atoms with Crippen LogP contribution in [0.3, 0.4) is 0 Å². The van der Waals surface area contributed by atoms with Crippen LogP contribution in [0, 0.1) is 13.8 Å². The molecule has 0 heterocycles. The molecular formula is C15H25NO4S. The van der Waals surface area contributed by atoms with Gasteiger partial charge in [-0.3, -0.25) is 0 Å². The van der Waals surface area contributed by atoms with E-state index in [-0.39, 0.29) is 11.5 Å². The summed E-state index contributed by atoms with van der Waals surface area (Å²) in [5.74, 6) is 0. The average molecular weight is 315 g/mol. The SMILES string of the molecule is COCCCCCNS(=O)(=O)c1cc(CO)c(C)cc1C. The molecule has 0 fully saturated rings. The van der Waals surface area contributed by atoms with Crippen LogP contribution in [0.1, 0.15) is 36.0 Å². The van der Waals surface area contributed by atoms with Crippen LogP contribution < -0.4 is 4.72 Å². The summed E-state index contributed by atoms with van der Waals surface area (Å²) in [6, 6.07) is 3.34. The van der Waals surface area contributed by atoms with Crippen LogP contribution in [-0.4, -0.2) is 33.8 Å². The van der Waals surface area contributed by atoms with Crippen molar-refractivity contribution in [3.63, 3.8) is 0 Å². The van der Waals surface area contributed by atoms with Crippen LogP contribution in [0.15, 0.2) is 17.0 Å². The lowest BCUT2D eigenvalue weighted by molar-refractivity contribution is 0.192. The van der Waals surface area contributed by atoms with Crippen LogP contribution in [0.2, 0.25) is 0 Å². The highest BCUT2D eigenvalue weighted by atomic mass is 32.2. The molecule has 0 unspecified atom stereocenters. The Hall–Kier alpha value is -0.950. The molecule has 0 aliphatic carbocycles. The summed E-state index contributed by atoms with van der Waals surface area (Å²) in [6.07, 6.45) is 2.63. The summed E-state index contributed by atoms with van der Waals surface area (Å²) in [5.41, 5.74) is 2.23. The van der Waals surface area contributed by atoms with E-state index in [1.807, 2.05) is 6.92 Å². The lowest BCUT2D eigenvalue weighted by Crippen LogP contribution is -2.25. The van der Waals surface area contributed by atoms with Gasteiger partial charge in [0, 0.05) is 20.3 Å². The first-order chi connectivity index (χ1) is 9.92. The predicted molar refractivity (Wildman–Crippen MR) is 82.8 cm³/mol. The number of ether oxygens (including phenoxy) is 1. The van der Waals surface area contributed by atoms with E-state index in [2.05, 4.69) is 4.72 Å². The molecule has 1 aromatic carbocycles. The quantitative estimate of drug-likeness (QED) is 0.682. The monoisotopic (exact) mass is 315 g/mol. The molecule has 5 nitrogen and oxygen atoms in total. The maximum absolute atomic E-state index is 12.3. The molecule has 0 amide bonds. The normalized spacial score (nSPS) is 11.8. The molecule has 0 radical (unpaired) electrons. The number of rotatable bonds is 9. The third-order valence-corrected chi connectivity index (χ3v) is 5.01. The smallest absolute Gasteiger partial charge is 0.240 e. The highest BCUT2D eigenvalue weighted by Crippen LogP contribution is 2.20. The van der Waals surface area contributed by atoms with Crippen molar-refractivity contribution in [2.75, 3.05) is 20.3 Å². The van der Waals surface area contributed by atoms with E-state index in [4.69, 9.17) is 4.74 Å². The van der Waals surface area contributed by atoms with E-state index in [9.17, 15) is 13.5 Å². The predicted octanol–water partition coefficient (Wildman–Crippen LogP) is 1.89. The highest BCUT2D eigenvalue weighted by Gasteiger charge is 2.17. The van der Waals surface area contributed by atoms with E-state index in [0.717, 1.165) is 24.8 Å². The number of aliphatic hydroxyl groups excluding tert-OH is 1. The van der Waals surface area contributed by atoms with Gasteiger partial charge in [-0.1, -0.05) is 6.07 Å². The van der Waals surface area contributed by atoms with Gasteiger partial charge in [-0.2, -0.15) is 0 Å². The van der Waals surface area contributed by atoms with Crippen LogP contribution in [-0.2, 0) is 21.4 Å². The number of nitrogens with one attached hydrogen (secondary N) is 1. The fourth-order valence-corrected chi connectivity index (χ4v) is 3.52. The molecule has 0 atom stereocenters. The van der Waals surface area contributed by atoms with E-state index >= 15 is 0 Å². The van der Waals surface area contributed by atoms with Gasteiger partial charge in [0.15, 0.2) is 0 Å². The minimum atomic E-state index is -3.53. The first kappa shape index (κ1) is 18.1. The van der Waals surface area contributed by atoms with Crippen molar-refractivity contribution in [2.45, 2.75) is 44.6 Å². The number of sulfonamides is 1. The molecule has 0 saturated carbocycles. The molecule has 0 saturated heterocycles. The Morgan fingerprint density at radius 2 is 1.86 bits per heavy atom. The van der Waals surface area contributed by atoms with E-state index in [0.29, 0.717) is 24.3 Å². The summed E-state index contributed by atoms with van der Waals surface area (Å²) in [4.78, 5) is 0.244. The van der Waals surface area contributed by atoms with Crippen molar-refractivity contribution in [2.24, 2.45) is 0 Å². The fourth-order valence-electron chi connectivity index (χ4n) is 2.17. The van der Waals surface area contributed by atoms with Crippen molar-refractivity contribution in [1.82, 2.24) is 4.72 Å². The molecule has 120 valence electrons. The van der Waals surface area contributed by atoms with E-state index in [1.54, 1.807) is 26.2 Å². The molecule has 0 spiro atoms. The van der Waals surface area contributed by atoms with Gasteiger partial charge in [0.1, 0.15) is 0 Å². The van der Waals surface area contributed by atoms with Gasteiger partial charge in [0.25, 0.3) is 0 Å². The van der Waals surface area contributed by atoms with E-state index in [1.165, 1.54) is 0 Å². The van der Waals surface area contributed by atoms with Crippen LogP contribution in [0.25, 0.3) is 0 Å². The molecule has 1 rings (SSSR count). The number of aliphatic hydroxyl groups is 1. The minimum Gasteiger partial charge on any atom is -0.392 e. The van der Waals surface area contributed by atoms with Crippen LogP contribution >= 0.6 is 0 Å². The molecule has 1 aromatic rings. The zero-order chi connectivity index (χ0) is 15.9. The molecular weight excluding hydrogens is 290 g/mol. The summed E-state index contributed by atoms with van der Waals surface area (Å²) in [7, 11) is -1.87. The fraction of sp³-hybridized carbons (Fsp3) is 0.600. The standard InChI is InChI=1S/C15H25NO4S/c1-12-9-13(2)15(10-14(12)11-17)21(18,19)16-7-5-4-6-8-20-3/h9-10,16-17H,4-8,11H2,1-3H3. The first-order valence-corrected chi connectivity index (χ1v) is 8.60. The average Bonchev–Trinajstić information content (AvgIpc) is 2.42. The molecule has 2 N–H and O–H groups in total. The Bertz CT molecular complexity index is 555. The van der Waals surface area contributed by atoms with Gasteiger partial charge < -0.3 is 9.84 Å².